The molecule has 1 aliphatic heterocycles. The quantitative estimate of drug-likeness (QED) is 0.576. The van der Waals surface area contributed by atoms with Crippen molar-refractivity contribution in [3.63, 3.8) is 0 Å². The van der Waals surface area contributed by atoms with Crippen LogP contribution in [0.5, 0.6) is 0 Å². The average molecular weight is 158 g/mol. The normalized spacial score (nSPS) is 17.6. The van der Waals surface area contributed by atoms with Crippen LogP contribution in [0.25, 0.3) is 0 Å². The van der Waals surface area contributed by atoms with Gasteiger partial charge in [-0.3, -0.25) is 4.79 Å². The lowest BCUT2D eigenvalue weighted by Gasteiger charge is -2.35. The standard InChI is InChI=1S/C7H14N2O2/c1-9(6-3-8-4-6)7(10)5-11-2/h6,8H,3-5H2,1-2H3. The van der Waals surface area contributed by atoms with Crippen LogP contribution >= 0.6 is 0 Å². The second-order valence-electron chi connectivity index (χ2n) is 2.75. The van der Waals surface area contributed by atoms with Gasteiger partial charge in [-0.15, -0.1) is 0 Å². The highest BCUT2D eigenvalue weighted by Crippen LogP contribution is 2.01. The summed E-state index contributed by atoms with van der Waals surface area (Å²) in [6.07, 6.45) is 0. The molecular formula is C7H14N2O2. The van der Waals surface area contributed by atoms with Crippen molar-refractivity contribution in [1.29, 1.82) is 0 Å². The number of hydrogen-bond donors (Lipinski definition) is 1. The summed E-state index contributed by atoms with van der Waals surface area (Å²) >= 11 is 0. The molecule has 0 unspecified atom stereocenters. The lowest BCUT2D eigenvalue weighted by molar-refractivity contribution is -0.136. The third-order valence-electron chi connectivity index (χ3n) is 1.97. The maximum absolute atomic E-state index is 11.2. The Balaban J connectivity index is 2.27. The van der Waals surface area contributed by atoms with Crippen LogP contribution in [-0.2, 0) is 9.53 Å². The minimum atomic E-state index is 0.0546. The van der Waals surface area contributed by atoms with E-state index in [4.69, 9.17) is 4.74 Å². The Bertz CT molecular complexity index is 145. The van der Waals surface area contributed by atoms with Crippen LogP contribution in [0.2, 0.25) is 0 Å². The highest BCUT2D eigenvalue weighted by atomic mass is 16.5. The molecule has 1 amide bonds. The Morgan fingerprint density at radius 2 is 2.36 bits per heavy atom. The van der Waals surface area contributed by atoms with Crippen LogP contribution in [0.15, 0.2) is 0 Å². The Hall–Kier alpha value is -0.610. The minimum absolute atomic E-state index is 0.0546. The summed E-state index contributed by atoms with van der Waals surface area (Å²) in [5, 5.41) is 3.10. The van der Waals surface area contributed by atoms with Gasteiger partial charge in [0, 0.05) is 27.2 Å². The molecule has 1 saturated heterocycles. The third-order valence-corrected chi connectivity index (χ3v) is 1.97. The molecule has 4 nitrogen and oxygen atoms in total. The monoisotopic (exact) mass is 158 g/mol. The smallest absolute Gasteiger partial charge is 0.248 e. The minimum Gasteiger partial charge on any atom is -0.375 e. The largest absolute Gasteiger partial charge is 0.375 e. The van der Waals surface area contributed by atoms with Gasteiger partial charge in [0.1, 0.15) is 6.61 Å². The number of nitrogens with zero attached hydrogens (tertiary/aromatic N) is 1. The first-order valence-electron chi connectivity index (χ1n) is 3.71. The fraction of sp³-hybridized carbons (Fsp3) is 0.857. The van der Waals surface area contributed by atoms with E-state index in [0.717, 1.165) is 13.1 Å². The second kappa shape index (κ2) is 3.69. The summed E-state index contributed by atoms with van der Waals surface area (Å²) in [7, 11) is 3.34. The van der Waals surface area contributed by atoms with Crippen molar-refractivity contribution in [3.05, 3.63) is 0 Å². The second-order valence-corrected chi connectivity index (χ2v) is 2.75. The van der Waals surface area contributed by atoms with Gasteiger partial charge in [-0.2, -0.15) is 0 Å². The maximum Gasteiger partial charge on any atom is 0.248 e. The number of nitrogens with one attached hydrogen (secondary N) is 1. The number of amides is 1. The van der Waals surface area contributed by atoms with Gasteiger partial charge >= 0.3 is 0 Å². The highest BCUT2D eigenvalue weighted by Gasteiger charge is 2.24. The van der Waals surface area contributed by atoms with Gasteiger partial charge in [-0.25, -0.2) is 0 Å². The van der Waals surface area contributed by atoms with Crippen LogP contribution in [0.3, 0.4) is 0 Å². The molecule has 1 aliphatic rings. The lowest BCUT2D eigenvalue weighted by atomic mass is 10.1. The molecule has 0 aliphatic carbocycles. The van der Waals surface area contributed by atoms with Crippen LogP contribution < -0.4 is 5.32 Å². The molecule has 4 heteroatoms. The summed E-state index contributed by atoms with van der Waals surface area (Å²) in [5.41, 5.74) is 0. The number of likely N-dealkylation sites (N-methyl/N-ethyl adjacent to an activating group) is 1. The number of ether oxygens (including phenoxy) is 1. The van der Waals surface area contributed by atoms with Gasteiger partial charge < -0.3 is 15.0 Å². The Morgan fingerprint density at radius 1 is 1.73 bits per heavy atom. The molecule has 0 saturated carbocycles. The molecule has 0 aromatic carbocycles. The molecule has 0 aromatic heterocycles. The molecule has 11 heavy (non-hydrogen) atoms. The van der Waals surface area contributed by atoms with Crippen molar-refractivity contribution in [2.75, 3.05) is 33.9 Å². The Labute approximate surface area is 66.5 Å². The SMILES string of the molecule is COCC(=O)N(C)C1CNC1. The Morgan fingerprint density at radius 3 is 2.73 bits per heavy atom. The zero-order valence-corrected chi connectivity index (χ0v) is 6.96. The first-order chi connectivity index (χ1) is 5.25. The number of carbonyl (C=O) groups is 1. The van der Waals surface area contributed by atoms with Crippen molar-refractivity contribution in [3.8, 4) is 0 Å². The number of hydrogen-bond acceptors (Lipinski definition) is 3. The van der Waals surface area contributed by atoms with Crippen LogP contribution in [0.1, 0.15) is 0 Å². The molecule has 0 spiro atoms. The number of methoxy groups -OCH3 is 1. The van der Waals surface area contributed by atoms with E-state index in [1.807, 2.05) is 7.05 Å². The summed E-state index contributed by atoms with van der Waals surface area (Å²) < 4.78 is 4.73. The fourth-order valence-electron chi connectivity index (χ4n) is 0.976. The van der Waals surface area contributed by atoms with E-state index in [2.05, 4.69) is 5.32 Å². The van der Waals surface area contributed by atoms with E-state index < -0.39 is 0 Å². The molecule has 0 bridgehead atoms. The van der Waals surface area contributed by atoms with Crippen molar-refractivity contribution in [2.24, 2.45) is 0 Å². The van der Waals surface area contributed by atoms with E-state index in [9.17, 15) is 4.79 Å². The molecule has 1 rings (SSSR count). The van der Waals surface area contributed by atoms with Crippen molar-refractivity contribution in [1.82, 2.24) is 10.2 Å². The van der Waals surface area contributed by atoms with E-state index in [0.29, 0.717) is 6.04 Å². The zero-order chi connectivity index (χ0) is 8.27. The van der Waals surface area contributed by atoms with Crippen LogP contribution in [0, 0.1) is 0 Å². The molecule has 0 radical (unpaired) electrons. The fourth-order valence-corrected chi connectivity index (χ4v) is 0.976. The molecule has 64 valence electrons. The van der Waals surface area contributed by atoms with Crippen molar-refractivity contribution >= 4 is 5.91 Å². The van der Waals surface area contributed by atoms with Crippen molar-refractivity contribution in [2.45, 2.75) is 6.04 Å². The Kier molecular flexibility index (Phi) is 2.84. The summed E-state index contributed by atoms with van der Waals surface area (Å²) in [6.45, 7) is 2.00. The zero-order valence-electron chi connectivity index (χ0n) is 6.96. The first kappa shape index (κ1) is 8.49. The predicted molar refractivity (Wildman–Crippen MR) is 41.3 cm³/mol. The van der Waals surface area contributed by atoms with Gasteiger partial charge in [0.25, 0.3) is 0 Å². The summed E-state index contributed by atoms with van der Waals surface area (Å²) in [4.78, 5) is 12.9. The lowest BCUT2D eigenvalue weighted by Crippen LogP contribution is -2.58. The van der Waals surface area contributed by atoms with E-state index in [1.165, 1.54) is 7.11 Å². The van der Waals surface area contributed by atoms with Gasteiger partial charge in [-0.05, 0) is 0 Å². The van der Waals surface area contributed by atoms with E-state index >= 15 is 0 Å². The van der Waals surface area contributed by atoms with Crippen molar-refractivity contribution < 1.29 is 9.53 Å². The van der Waals surface area contributed by atoms with Gasteiger partial charge in [0.15, 0.2) is 0 Å². The molecule has 1 heterocycles. The number of rotatable bonds is 3. The summed E-state index contributed by atoms with van der Waals surface area (Å²) in [5.74, 6) is 0.0546. The van der Waals surface area contributed by atoms with Gasteiger partial charge in [0.2, 0.25) is 5.91 Å². The molecule has 0 aromatic rings. The first-order valence-corrected chi connectivity index (χ1v) is 3.71. The van der Waals surface area contributed by atoms with E-state index in [-0.39, 0.29) is 12.5 Å². The predicted octanol–water partition coefficient (Wildman–Crippen LogP) is -0.937. The molecular weight excluding hydrogens is 144 g/mol. The van der Waals surface area contributed by atoms with Crippen LogP contribution in [0.4, 0.5) is 0 Å². The van der Waals surface area contributed by atoms with Gasteiger partial charge in [0.05, 0.1) is 6.04 Å². The third kappa shape index (κ3) is 1.91. The van der Waals surface area contributed by atoms with E-state index in [1.54, 1.807) is 4.90 Å². The topological polar surface area (TPSA) is 41.6 Å². The van der Waals surface area contributed by atoms with Crippen LogP contribution in [-0.4, -0.2) is 50.7 Å². The average Bonchev–Trinajstić information content (AvgIpc) is 1.84. The summed E-state index contributed by atoms with van der Waals surface area (Å²) in [6, 6.07) is 0.373. The highest BCUT2D eigenvalue weighted by molar-refractivity contribution is 5.77. The van der Waals surface area contributed by atoms with Gasteiger partial charge in [-0.1, -0.05) is 0 Å². The maximum atomic E-state index is 11.2. The molecule has 1 N–H and O–H groups in total. The molecule has 1 fully saturated rings. The number of carbonyl (C=O) groups excluding carboxylic acids is 1. The molecule has 0 atom stereocenters.